The van der Waals surface area contributed by atoms with Gasteiger partial charge < -0.3 is 16.8 Å². The molecule has 2 rings (SSSR count). The summed E-state index contributed by atoms with van der Waals surface area (Å²) in [5.41, 5.74) is 12.2. The van der Waals surface area contributed by atoms with Gasteiger partial charge in [-0.2, -0.15) is 0 Å². The molecule has 1 heterocycles. The highest BCUT2D eigenvalue weighted by Gasteiger charge is 2.18. The van der Waals surface area contributed by atoms with Crippen LogP contribution in [0.4, 0.5) is 5.13 Å². The number of anilines is 1. The van der Waals surface area contributed by atoms with Gasteiger partial charge >= 0.3 is 0 Å². The molecule has 0 atom stereocenters. The van der Waals surface area contributed by atoms with Gasteiger partial charge in [0.25, 0.3) is 5.91 Å². The van der Waals surface area contributed by atoms with E-state index in [1.807, 2.05) is 12.1 Å². The van der Waals surface area contributed by atoms with Crippen LogP contribution in [0.3, 0.4) is 0 Å². The van der Waals surface area contributed by atoms with Gasteiger partial charge in [0, 0.05) is 18.1 Å². The van der Waals surface area contributed by atoms with Crippen LogP contribution in [0.5, 0.6) is 0 Å². The zero-order chi connectivity index (χ0) is 13.8. The van der Waals surface area contributed by atoms with Crippen LogP contribution >= 0.6 is 47.8 Å². The molecule has 21 heavy (non-hydrogen) atoms. The molecule has 5 nitrogen and oxygen atoms in total. The van der Waals surface area contributed by atoms with Gasteiger partial charge in [-0.25, -0.2) is 4.98 Å². The molecule has 0 unspecified atom stereocenters. The summed E-state index contributed by atoms with van der Waals surface area (Å²) in [5, 5.41) is 3.67. The minimum Gasteiger partial charge on any atom is -0.375 e. The number of hydrogen-bond acceptors (Lipinski definition) is 5. The summed E-state index contributed by atoms with van der Waals surface area (Å²) in [4.78, 5) is 16.8. The van der Waals surface area contributed by atoms with Gasteiger partial charge in [-0.15, -0.1) is 24.8 Å². The molecule has 0 bridgehead atoms. The van der Waals surface area contributed by atoms with E-state index in [4.69, 9.17) is 23.1 Å². The molecule has 9 heteroatoms. The molecule has 0 aliphatic rings. The Balaban J connectivity index is 0.00000200. The highest BCUT2D eigenvalue weighted by Crippen LogP contribution is 2.32. The van der Waals surface area contributed by atoms with Crippen LogP contribution in [0.2, 0.25) is 5.02 Å². The van der Waals surface area contributed by atoms with Crippen LogP contribution in [0.15, 0.2) is 24.3 Å². The molecule has 0 aliphatic heterocycles. The number of halogens is 3. The summed E-state index contributed by atoms with van der Waals surface area (Å²) in [6.07, 6.45) is 0. The third-order valence-electron chi connectivity index (χ3n) is 2.40. The van der Waals surface area contributed by atoms with Crippen molar-refractivity contribution in [2.75, 3.05) is 18.8 Å². The number of nitrogens with zero attached hydrogens (tertiary/aromatic N) is 1. The average molecular weight is 370 g/mol. The second kappa shape index (κ2) is 9.07. The predicted octanol–water partition coefficient (Wildman–Crippen LogP) is 2.58. The molecule has 1 aromatic carbocycles. The zero-order valence-corrected chi connectivity index (χ0v) is 14.0. The van der Waals surface area contributed by atoms with Gasteiger partial charge in [0.05, 0.1) is 4.88 Å². The monoisotopic (exact) mass is 368 g/mol. The van der Waals surface area contributed by atoms with Crippen LogP contribution in [0.1, 0.15) is 10.5 Å². The maximum atomic E-state index is 12.0. The number of hydrogen-bond donors (Lipinski definition) is 3. The average Bonchev–Trinajstić information content (AvgIpc) is 2.79. The first-order valence-corrected chi connectivity index (χ1v) is 6.81. The number of nitrogens with two attached hydrogens (primary N) is 2. The number of amides is 1. The summed E-state index contributed by atoms with van der Waals surface area (Å²) in [7, 11) is 0. The van der Waals surface area contributed by atoms with Crippen molar-refractivity contribution in [1.29, 1.82) is 0 Å². The van der Waals surface area contributed by atoms with Crippen molar-refractivity contribution >= 4 is 58.8 Å². The van der Waals surface area contributed by atoms with Crippen molar-refractivity contribution in [2.24, 2.45) is 5.73 Å². The van der Waals surface area contributed by atoms with Crippen LogP contribution in [-0.4, -0.2) is 24.0 Å². The molecule has 1 aromatic heterocycles. The van der Waals surface area contributed by atoms with Crippen LogP contribution < -0.4 is 16.8 Å². The van der Waals surface area contributed by atoms with Gasteiger partial charge in [0.15, 0.2) is 5.13 Å². The first kappa shape index (κ1) is 19.9. The normalized spacial score (nSPS) is 9.43. The van der Waals surface area contributed by atoms with Gasteiger partial charge in [-0.3, -0.25) is 4.79 Å². The van der Waals surface area contributed by atoms with Crippen LogP contribution in [0.25, 0.3) is 10.4 Å². The molecule has 116 valence electrons. The van der Waals surface area contributed by atoms with Crippen molar-refractivity contribution in [3.05, 3.63) is 35.0 Å². The number of rotatable bonds is 4. The minimum atomic E-state index is -0.275. The molecule has 5 N–H and O–H groups in total. The van der Waals surface area contributed by atoms with Gasteiger partial charge in [-0.1, -0.05) is 35.1 Å². The Kier molecular flexibility index (Phi) is 8.61. The molecule has 0 saturated heterocycles. The maximum Gasteiger partial charge on any atom is 0.271 e. The van der Waals surface area contributed by atoms with E-state index in [1.165, 1.54) is 11.3 Å². The Morgan fingerprint density at radius 1 is 1.29 bits per heavy atom. The van der Waals surface area contributed by atoms with Crippen molar-refractivity contribution in [3.8, 4) is 10.4 Å². The smallest absolute Gasteiger partial charge is 0.271 e. The van der Waals surface area contributed by atoms with E-state index < -0.39 is 0 Å². The van der Waals surface area contributed by atoms with E-state index in [1.54, 1.807) is 12.1 Å². The fourth-order valence-corrected chi connectivity index (χ4v) is 2.52. The fourth-order valence-electron chi connectivity index (χ4n) is 1.56. The van der Waals surface area contributed by atoms with Crippen LogP contribution in [-0.2, 0) is 0 Å². The molecule has 0 saturated carbocycles. The lowest BCUT2D eigenvalue weighted by molar-refractivity contribution is 0.0951. The van der Waals surface area contributed by atoms with Gasteiger partial charge in [-0.05, 0) is 17.7 Å². The van der Waals surface area contributed by atoms with Gasteiger partial charge in [0.2, 0.25) is 0 Å². The summed E-state index contributed by atoms with van der Waals surface area (Å²) in [5.74, 6) is -0.275. The largest absolute Gasteiger partial charge is 0.375 e. The Labute approximate surface area is 143 Å². The highest BCUT2D eigenvalue weighted by atomic mass is 35.5. The van der Waals surface area contributed by atoms with E-state index >= 15 is 0 Å². The first-order chi connectivity index (χ1) is 9.11. The Hall–Kier alpha value is -1.05. The fraction of sp³-hybridized carbons (Fsp3) is 0.167. The minimum absolute atomic E-state index is 0. The van der Waals surface area contributed by atoms with Gasteiger partial charge in [0.1, 0.15) is 5.69 Å². The molecule has 0 spiro atoms. The summed E-state index contributed by atoms with van der Waals surface area (Å²) in [6, 6.07) is 7.17. The van der Waals surface area contributed by atoms with Crippen molar-refractivity contribution < 1.29 is 4.79 Å². The first-order valence-electron chi connectivity index (χ1n) is 5.62. The van der Waals surface area contributed by atoms with E-state index in [0.29, 0.717) is 28.9 Å². The number of thiazole rings is 1. The topological polar surface area (TPSA) is 94.0 Å². The lowest BCUT2D eigenvalue weighted by Gasteiger charge is -2.03. The lowest BCUT2D eigenvalue weighted by atomic mass is 10.1. The number of carbonyl (C=O) groups excluding carboxylic acids is 1. The quantitative estimate of drug-likeness (QED) is 0.772. The standard InChI is InChI=1S/C12H13ClN4OS.2ClH/c13-8-3-1-7(2-4-8)10-9(17-12(15)19-10)11(18)16-6-5-14;;/h1-4H,5-6,14H2,(H2,15,17)(H,16,18);2*1H. The van der Waals surface area contributed by atoms with E-state index in [0.717, 1.165) is 10.4 Å². The molecule has 1 amide bonds. The van der Waals surface area contributed by atoms with Crippen molar-refractivity contribution in [3.63, 3.8) is 0 Å². The molecule has 2 aromatic rings. The Morgan fingerprint density at radius 2 is 1.90 bits per heavy atom. The lowest BCUT2D eigenvalue weighted by Crippen LogP contribution is -2.29. The Morgan fingerprint density at radius 3 is 2.48 bits per heavy atom. The number of aromatic nitrogens is 1. The summed E-state index contributed by atoms with van der Waals surface area (Å²) in [6.45, 7) is 0.776. The molecule has 0 fully saturated rings. The SMILES string of the molecule is Cl.Cl.NCCNC(=O)c1nc(N)sc1-c1ccc(Cl)cc1. The maximum absolute atomic E-state index is 12.0. The number of carbonyl (C=O) groups is 1. The number of nitrogens with one attached hydrogen (secondary N) is 1. The third-order valence-corrected chi connectivity index (χ3v) is 3.58. The highest BCUT2D eigenvalue weighted by molar-refractivity contribution is 7.19. The second-order valence-electron chi connectivity index (χ2n) is 3.78. The number of benzene rings is 1. The third kappa shape index (κ3) is 5.01. The molecule has 0 radical (unpaired) electrons. The molecular weight excluding hydrogens is 355 g/mol. The Bertz CT molecular complexity index is 589. The van der Waals surface area contributed by atoms with E-state index in [-0.39, 0.29) is 30.7 Å². The summed E-state index contributed by atoms with van der Waals surface area (Å²) >= 11 is 7.11. The number of nitrogen functional groups attached to an aromatic ring is 1. The van der Waals surface area contributed by atoms with Crippen molar-refractivity contribution in [2.45, 2.75) is 0 Å². The second-order valence-corrected chi connectivity index (χ2v) is 5.25. The zero-order valence-electron chi connectivity index (χ0n) is 10.8. The van der Waals surface area contributed by atoms with Crippen molar-refractivity contribution in [1.82, 2.24) is 10.3 Å². The predicted molar refractivity (Wildman–Crippen MR) is 92.9 cm³/mol. The summed E-state index contributed by atoms with van der Waals surface area (Å²) < 4.78 is 0. The van der Waals surface area contributed by atoms with Crippen LogP contribution in [0, 0.1) is 0 Å². The molecular formula is C12H15Cl3N4OS. The van der Waals surface area contributed by atoms with E-state index in [9.17, 15) is 4.79 Å². The van der Waals surface area contributed by atoms with E-state index in [2.05, 4.69) is 10.3 Å². The molecule has 0 aliphatic carbocycles.